The van der Waals surface area contributed by atoms with Gasteiger partial charge in [-0.3, -0.25) is 18.8 Å². The van der Waals surface area contributed by atoms with Crippen LogP contribution in [0.5, 0.6) is 0 Å². The SMILES string of the molecule is Cn1c(=O)c2c(ncn2CCCN2CCCN(CCO)CC2)n(C)c1=O. The van der Waals surface area contributed by atoms with Gasteiger partial charge in [-0.15, -0.1) is 0 Å². The van der Waals surface area contributed by atoms with Gasteiger partial charge in [-0.05, 0) is 32.5 Å². The summed E-state index contributed by atoms with van der Waals surface area (Å²) in [4.78, 5) is 33.4. The van der Waals surface area contributed by atoms with Crippen molar-refractivity contribution < 1.29 is 5.11 Å². The number of rotatable bonds is 6. The molecule has 0 amide bonds. The number of aliphatic hydroxyl groups excluding tert-OH is 1. The van der Waals surface area contributed by atoms with E-state index >= 15 is 0 Å². The molecular weight excluding hydrogens is 336 g/mol. The van der Waals surface area contributed by atoms with E-state index in [1.54, 1.807) is 13.4 Å². The third-order valence-electron chi connectivity index (χ3n) is 5.19. The Hall–Kier alpha value is -1.97. The predicted molar refractivity (Wildman–Crippen MR) is 99.4 cm³/mol. The maximum absolute atomic E-state index is 12.4. The predicted octanol–water partition coefficient (Wildman–Crippen LogP) is -1.18. The zero-order chi connectivity index (χ0) is 18.7. The summed E-state index contributed by atoms with van der Waals surface area (Å²) in [6, 6.07) is 0. The molecule has 1 saturated heterocycles. The minimum atomic E-state index is -0.357. The maximum Gasteiger partial charge on any atom is 0.332 e. The number of hydrogen-bond acceptors (Lipinski definition) is 6. The Morgan fingerprint density at radius 3 is 2.38 bits per heavy atom. The van der Waals surface area contributed by atoms with Crippen molar-refractivity contribution in [3.05, 3.63) is 27.2 Å². The van der Waals surface area contributed by atoms with Crippen LogP contribution in [0, 0.1) is 0 Å². The van der Waals surface area contributed by atoms with Gasteiger partial charge in [0.15, 0.2) is 11.2 Å². The molecule has 1 aliphatic rings. The van der Waals surface area contributed by atoms with Crippen LogP contribution < -0.4 is 11.2 Å². The lowest BCUT2D eigenvalue weighted by Gasteiger charge is -2.21. The summed E-state index contributed by atoms with van der Waals surface area (Å²) in [5.74, 6) is 0. The highest BCUT2D eigenvalue weighted by Gasteiger charge is 2.16. The minimum absolute atomic E-state index is 0.213. The molecule has 0 atom stereocenters. The van der Waals surface area contributed by atoms with Gasteiger partial charge in [-0.1, -0.05) is 0 Å². The van der Waals surface area contributed by atoms with Crippen LogP contribution >= 0.6 is 0 Å². The fraction of sp³-hybridized carbons (Fsp3) is 0.706. The van der Waals surface area contributed by atoms with E-state index < -0.39 is 0 Å². The number of aryl methyl sites for hydroxylation is 2. The zero-order valence-corrected chi connectivity index (χ0v) is 15.6. The third kappa shape index (κ3) is 3.74. The quantitative estimate of drug-likeness (QED) is 0.694. The van der Waals surface area contributed by atoms with Crippen molar-refractivity contribution in [3.8, 4) is 0 Å². The van der Waals surface area contributed by atoms with E-state index in [0.29, 0.717) is 17.7 Å². The van der Waals surface area contributed by atoms with Crippen molar-refractivity contribution in [3.63, 3.8) is 0 Å². The van der Waals surface area contributed by atoms with Crippen LogP contribution in [-0.4, -0.2) is 79.5 Å². The fourth-order valence-corrected chi connectivity index (χ4v) is 3.64. The number of imidazole rings is 1. The Labute approximate surface area is 152 Å². The lowest BCUT2D eigenvalue weighted by atomic mass is 10.3. The van der Waals surface area contributed by atoms with E-state index in [1.807, 2.05) is 4.57 Å². The van der Waals surface area contributed by atoms with Gasteiger partial charge in [0.1, 0.15) is 0 Å². The number of hydrogen-bond donors (Lipinski definition) is 1. The van der Waals surface area contributed by atoms with Crippen LogP contribution in [0.1, 0.15) is 12.8 Å². The Balaban J connectivity index is 1.64. The summed E-state index contributed by atoms with van der Waals surface area (Å²) in [6.07, 6.45) is 3.67. The molecule has 3 heterocycles. The number of nitrogens with zero attached hydrogens (tertiary/aromatic N) is 6. The summed E-state index contributed by atoms with van der Waals surface area (Å²) in [5.41, 5.74) is 0.270. The van der Waals surface area contributed by atoms with E-state index in [2.05, 4.69) is 14.8 Å². The van der Waals surface area contributed by atoms with Gasteiger partial charge in [0, 0.05) is 40.3 Å². The van der Waals surface area contributed by atoms with Gasteiger partial charge in [0.05, 0.1) is 12.9 Å². The fourth-order valence-electron chi connectivity index (χ4n) is 3.64. The molecule has 0 bridgehead atoms. The van der Waals surface area contributed by atoms with Crippen molar-refractivity contribution in [2.75, 3.05) is 45.9 Å². The largest absolute Gasteiger partial charge is 0.395 e. The molecule has 0 unspecified atom stereocenters. The molecule has 2 aromatic heterocycles. The highest BCUT2D eigenvalue weighted by molar-refractivity contribution is 5.69. The number of β-amino-alcohol motifs (C(OH)–C–C–N with tert-alkyl or cyclic N) is 1. The van der Waals surface area contributed by atoms with Crippen molar-refractivity contribution >= 4 is 11.2 Å². The molecule has 1 fully saturated rings. The smallest absolute Gasteiger partial charge is 0.332 e. The normalized spacial score (nSPS) is 17.0. The molecule has 3 rings (SSSR count). The highest BCUT2D eigenvalue weighted by atomic mass is 16.3. The zero-order valence-electron chi connectivity index (χ0n) is 15.6. The molecule has 2 aromatic rings. The monoisotopic (exact) mass is 364 g/mol. The van der Waals surface area contributed by atoms with Crippen molar-refractivity contribution in [2.24, 2.45) is 14.1 Å². The summed E-state index contributed by atoms with van der Waals surface area (Å²) < 4.78 is 4.40. The Morgan fingerprint density at radius 1 is 1.00 bits per heavy atom. The maximum atomic E-state index is 12.4. The Morgan fingerprint density at radius 2 is 1.69 bits per heavy atom. The van der Waals surface area contributed by atoms with Gasteiger partial charge in [0.2, 0.25) is 0 Å². The number of fused-ring (bicyclic) bond motifs is 1. The van der Waals surface area contributed by atoms with Crippen LogP contribution in [0.2, 0.25) is 0 Å². The second-order valence-corrected chi connectivity index (χ2v) is 6.93. The van der Waals surface area contributed by atoms with E-state index in [0.717, 1.165) is 56.7 Å². The first-order valence-corrected chi connectivity index (χ1v) is 9.19. The number of aliphatic hydroxyl groups is 1. The topological polar surface area (TPSA) is 88.5 Å². The second kappa shape index (κ2) is 8.15. The molecule has 1 N–H and O–H groups in total. The summed E-state index contributed by atoms with van der Waals surface area (Å²) in [5, 5.41) is 9.08. The molecule has 0 spiro atoms. The van der Waals surface area contributed by atoms with Gasteiger partial charge < -0.3 is 14.6 Å². The first-order valence-electron chi connectivity index (χ1n) is 9.19. The van der Waals surface area contributed by atoms with Crippen LogP contribution in [0.15, 0.2) is 15.9 Å². The second-order valence-electron chi connectivity index (χ2n) is 6.93. The van der Waals surface area contributed by atoms with Crippen LogP contribution in [0.25, 0.3) is 11.2 Å². The summed E-state index contributed by atoms with van der Waals surface area (Å²) >= 11 is 0. The molecule has 9 nitrogen and oxygen atoms in total. The molecular formula is C17H28N6O3. The van der Waals surface area contributed by atoms with Crippen LogP contribution in [0.3, 0.4) is 0 Å². The van der Waals surface area contributed by atoms with Gasteiger partial charge >= 0.3 is 5.69 Å². The van der Waals surface area contributed by atoms with Crippen molar-refractivity contribution in [1.29, 1.82) is 0 Å². The molecule has 0 saturated carbocycles. The Kier molecular flexibility index (Phi) is 5.90. The summed E-state index contributed by atoms with van der Waals surface area (Å²) in [6.45, 7) is 6.69. The van der Waals surface area contributed by atoms with E-state index in [9.17, 15) is 9.59 Å². The Bertz CT molecular complexity index is 868. The molecule has 0 aliphatic carbocycles. The van der Waals surface area contributed by atoms with Crippen molar-refractivity contribution in [2.45, 2.75) is 19.4 Å². The molecule has 0 aromatic carbocycles. The first kappa shape index (κ1) is 18.8. The third-order valence-corrected chi connectivity index (χ3v) is 5.19. The average Bonchev–Trinajstić information content (AvgIpc) is 2.93. The van der Waals surface area contributed by atoms with Gasteiger partial charge in [0.25, 0.3) is 5.56 Å². The molecule has 0 radical (unpaired) electrons. The van der Waals surface area contributed by atoms with E-state index in [1.165, 1.54) is 11.6 Å². The van der Waals surface area contributed by atoms with Gasteiger partial charge in [-0.2, -0.15) is 0 Å². The van der Waals surface area contributed by atoms with E-state index in [4.69, 9.17) is 5.11 Å². The first-order chi connectivity index (χ1) is 12.5. The standard InChI is InChI=1S/C17H28N6O3/c1-19-15-14(16(25)20(2)17(19)26)23(13-18-15)8-4-7-21-5-3-6-22(10-9-21)11-12-24/h13,24H,3-12H2,1-2H3. The van der Waals surface area contributed by atoms with Crippen LogP contribution in [0.4, 0.5) is 0 Å². The average molecular weight is 364 g/mol. The molecule has 1 aliphatic heterocycles. The molecule has 144 valence electrons. The van der Waals surface area contributed by atoms with Crippen LogP contribution in [-0.2, 0) is 20.6 Å². The number of aromatic nitrogens is 4. The highest BCUT2D eigenvalue weighted by Crippen LogP contribution is 2.08. The van der Waals surface area contributed by atoms with E-state index in [-0.39, 0.29) is 17.9 Å². The molecule has 26 heavy (non-hydrogen) atoms. The summed E-state index contributed by atoms with van der Waals surface area (Å²) in [7, 11) is 3.13. The lowest BCUT2D eigenvalue weighted by molar-refractivity contribution is 0.196. The minimum Gasteiger partial charge on any atom is -0.395 e. The lowest BCUT2D eigenvalue weighted by Crippen LogP contribution is -2.37. The van der Waals surface area contributed by atoms with Crippen molar-refractivity contribution in [1.82, 2.24) is 28.5 Å². The molecule has 9 heteroatoms. The van der Waals surface area contributed by atoms with Gasteiger partial charge in [-0.25, -0.2) is 9.78 Å².